The average Bonchev–Trinajstić information content (AvgIpc) is 3.53. The molecule has 4 atom stereocenters. The van der Waals surface area contributed by atoms with Gasteiger partial charge in [0.15, 0.2) is 29.3 Å². The van der Waals surface area contributed by atoms with Gasteiger partial charge in [0, 0.05) is 17.0 Å². The zero-order valence-corrected chi connectivity index (χ0v) is 20.5. The summed E-state index contributed by atoms with van der Waals surface area (Å²) in [5.41, 5.74) is 12.3. The topological polar surface area (TPSA) is 180 Å². The average molecular weight is 529 g/mol. The van der Waals surface area contributed by atoms with Crippen LogP contribution in [-0.2, 0) is 22.7 Å². The number of aromatic nitrogens is 4. The van der Waals surface area contributed by atoms with Crippen LogP contribution in [0.1, 0.15) is 22.9 Å². The molecule has 0 bridgehead atoms. The van der Waals surface area contributed by atoms with E-state index in [1.54, 1.807) is 6.08 Å². The molecule has 0 radical (unpaired) electrons. The van der Waals surface area contributed by atoms with E-state index in [0.29, 0.717) is 35.9 Å². The van der Waals surface area contributed by atoms with Gasteiger partial charge in [-0.3, -0.25) is 4.57 Å². The molecular weight excluding hydrogens is 504 g/mol. The lowest BCUT2D eigenvalue weighted by molar-refractivity contribution is -0.152. The lowest BCUT2D eigenvalue weighted by Gasteiger charge is -2.17. The van der Waals surface area contributed by atoms with Crippen LogP contribution in [0.2, 0.25) is 0 Å². The van der Waals surface area contributed by atoms with Crippen LogP contribution in [0.4, 0.5) is 5.82 Å². The Hall–Kier alpha value is -4.97. The number of hydrogen-bond acceptors (Lipinski definition) is 9. The SMILES string of the molecule is C=Cc1ccc(OCc2ccccc2)c(CNc2ncnc3c2ncn3C2OC(C(=O)O)C(N=[N+]=[N-])C2O)c1. The number of carboxylic acid groups (broad SMARTS) is 1. The fourth-order valence-corrected chi connectivity index (χ4v) is 4.37. The van der Waals surface area contributed by atoms with Crippen molar-refractivity contribution in [1.29, 1.82) is 0 Å². The summed E-state index contributed by atoms with van der Waals surface area (Å²) in [7, 11) is 0. The number of aliphatic hydroxyl groups excluding tert-OH is 1. The molecule has 0 amide bonds. The minimum Gasteiger partial charge on any atom is -0.489 e. The van der Waals surface area contributed by atoms with Crippen LogP contribution < -0.4 is 10.1 Å². The number of anilines is 1. The van der Waals surface area contributed by atoms with Crippen LogP contribution in [0.5, 0.6) is 5.75 Å². The lowest BCUT2D eigenvalue weighted by atomic mass is 10.1. The smallest absolute Gasteiger partial charge is 0.333 e. The molecule has 5 rings (SSSR count). The zero-order chi connectivity index (χ0) is 27.4. The summed E-state index contributed by atoms with van der Waals surface area (Å²) in [6, 6.07) is 14.3. The Balaban J connectivity index is 1.39. The number of aliphatic hydroxyl groups is 1. The Labute approximate surface area is 222 Å². The number of ether oxygens (including phenoxy) is 2. The van der Waals surface area contributed by atoms with Gasteiger partial charge in [0.25, 0.3) is 0 Å². The third kappa shape index (κ3) is 5.22. The molecule has 0 spiro atoms. The van der Waals surface area contributed by atoms with E-state index < -0.39 is 30.4 Å². The van der Waals surface area contributed by atoms with Crippen LogP contribution in [0.15, 0.2) is 72.9 Å². The molecule has 198 valence electrons. The van der Waals surface area contributed by atoms with Crippen molar-refractivity contribution in [3.8, 4) is 5.75 Å². The van der Waals surface area contributed by atoms with E-state index >= 15 is 0 Å². The number of nitrogens with one attached hydrogen (secondary N) is 1. The van der Waals surface area contributed by atoms with Crippen LogP contribution in [-0.4, -0.2) is 54.0 Å². The predicted molar refractivity (Wildman–Crippen MR) is 140 cm³/mol. The molecule has 1 aliphatic heterocycles. The number of benzene rings is 2. The van der Waals surface area contributed by atoms with Gasteiger partial charge in [-0.05, 0) is 28.8 Å². The van der Waals surface area contributed by atoms with Crippen LogP contribution in [0.25, 0.3) is 27.7 Å². The molecule has 1 saturated heterocycles. The Morgan fingerprint density at radius 1 is 1.26 bits per heavy atom. The number of fused-ring (bicyclic) bond motifs is 1. The predicted octanol–water partition coefficient (Wildman–Crippen LogP) is 3.68. The van der Waals surface area contributed by atoms with Crippen molar-refractivity contribution in [2.75, 3.05) is 5.32 Å². The summed E-state index contributed by atoms with van der Waals surface area (Å²) in [5, 5.41) is 26.8. The van der Waals surface area contributed by atoms with Crippen molar-refractivity contribution < 1.29 is 24.5 Å². The molecule has 4 aromatic rings. The second-order valence-electron chi connectivity index (χ2n) is 8.72. The molecule has 0 aliphatic carbocycles. The summed E-state index contributed by atoms with van der Waals surface area (Å²) >= 11 is 0. The third-order valence-electron chi connectivity index (χ3n) is 6.30. The molecule has 4 unspecified atom stereocenters. The number of aliphatic carboxylic acids is 1. The Bertz CT molecular complexity index is 1550. The number of azide groups is 1. The number of hydrogen-bond donors (Lipinski definition) is 3. The summed E-state index contributed by atoms with van der Waals surface area (Å²) < 4.78 is 13.0. The van der Waals surface area contributed by atoms with Gasteiger partial charge in [0.2, 0.25) is 0 Å². The van der Waals surface area contributed by atoms with Crippen LogP contribution in [0.3, 0.4) is 0 Å². The number of imidazole rings is 1. The molecule has 3 N–H and O–H groups in total. The Morgan fingerprint density at radius 2 is 2.08 bits per heavy atom. The first kappa shape index (κ1) is 25.7. The molecule has 2 aromatic heterocycles. The second kappa shape index (κ2) is 11.2. The van der Waals surface area contributed by atoms with Crippen molar-refractivity contribution in [2.24, 2.45) is 5.11 Å². The van der Waals surface area contributed by atoms with Gasteiger partial charge in [0.05, 0.1) is 6.33 Å². The van der Waals surface area contributed by atoms with Crippen molar-refractivity contribution in [1.82, 2.24) is 19.5 Å². The van der Waals surface area contributed by atoms with Crippen LogP contribution >= 0.6 is 0 Å². The maximum atomic E-state index is 11.6. The molecule has 39 heavy (non-hydrogen) atoms. The highest BCUT2D eigenvalue weighted by molar-refractivity contribution is 5.83. The summed E-state index contributed by atoms with van der Waals surface area (Å²) in [6.07, 6.45) is 0.285. The standard InChI is InChI=1S/C26H24N8O5/c1-2-15-8-9-18(38-12-16-6-4-3-5-7-16)17(10-15)11-28-23-20-24(30-13-29-23)34(14-31-20)25-21(35)19(32-33-27)22(39-25)26(36)37/h2-10,13-14,19,21-22,25,35H,1,11-12H2,(H,36,37)(H,28,29,30). The first-order valence-electron chi connectivity index (χ1n) is 11.9. The van der Waals surface area contributed by atoms with Gasteiger partial charge >= 0.3 is 5.97 Å². The largest absolute Gasteiger partial charge is 0.489 e. The molecular formula is C26H24N8O5. The van der Waals surface area contributed by atoms with Crippen molar-refractivity contribution in [3.05, 3.63) is 94.9 Å². The van der Waals surface area contributed by atoms with E-state index in [4.69, 9.17) is 15.0 Å². The van der Waals surface area contributed by atoms with Crippen LogP contribution in [0, 0.1) is 0 Å². The maximum absolute atomic E-state index is 11.6. The minimum atomic E-state index is -1.52. The number of carbonyl (C=O) groups is 1. The first-order valence-corrected chi connectivity index (χ1v) is 11.9. The van der Waals surface area contributed by atoms with Gasteiger partial charge in [-0.1, -0.05) is 54.2 Å². The second-order valence-corrected chi connectivity index (χ2v) is 8.72. The summed E-state index contributed by atoms with van der Waals surface area (Å²) in [5.74, 6) is -0.257. The van der Waals surface area contributed by atoms with E-state index in [-0.39, 0.29) is 0 Å². The van der Waals surface area contributed by atoms with Gasteiger partial charge in [-0.15, -0.1) is 0 Å². The molecule has 13 heteroatoms. The van der Waals surface area contributed by atoms with E-state index in [2.05, 4.69) is 36.9 Å². The molecule has 1 fully saturated rings. The molecule has 3 heterocycles. The van der Waals surface area contributed by atoms with Crippen molar-refractivity contribution in [2.45, 2.75) is 37.6 Å². The fraction of sp³-hybridized carbons (Fsp3) is 0.231. The monoisotopic (exact) mass is 528 g/mol. The fourth-order valence-electron chi connectivity index (χ4n) is 4.37. The van der Waals surface area contributed by atoms with Gasteiger partial charge < -0.3 is 25.0 Å². The maximum Gasteiger partial charge on any atom is 0.333 e. The zero-order valence-electron chi connectivity index (χ0n) is 20.5. The van der Waals surface area contributed by atoms with Gasteiger partial charge in [0.1, 0.15) is 30.8 Å². The van der Waals surface area contributed by atoms with Gasteiger partial charge in [-0.25, -0.2) is 19.7 Å². The molecule has 2 aromatic carbocycles. The van der Waals surface area contributed by atoms with Gasteiger partial charge in [-0.2, -0.15) is 0 Å². The number of carboxylic acids is 1. The van der Waals surface area contributed by atoms with E-state index in [9.17, 15) is 15.0 Å². The summed E-state index contributed by atoms with van der Waals surface area (Å²) in [6.45, 7) is 4.59. The van der Waals surface area contributed by atoms with E-state index in [0.717, 1.165) is 16.7 Å². The first-order chi connectivity index (χ1) is 19.0. The Morgan fingerprint density at radius 3 is 2.82 bits per heavy atom. The quantitative estimate of drug-likeness (QED) is 0.157. The third-order valence-corrected chi connectivity index (χ3v) is 6.30. The Kier molecular flexibility index (Phi) is 7.37. The number of nitrogens with zero attached hydrogens (tertiary/aromatic N) is 7. The highest BCUT2D eigenvalue weighted by Gasteiger charge is 2.48. The summed E-state index contributed by atoms with van der Waals surface area (Å²) in [4.78, 5) is 27.2. The van der Waals surface area contributed by atoms with Crippen molar-refractivity contribution in [3.63, 3.8) is 0 Å². The normalized spacial score (nSPS) is 20.3. The highest BCUT2D eigenvalue weighted by Crippen LogP contribution is 2.34. The van der Waals surface area contributed by atoms with E-state index in [1.165, 1.54) is 17.2 Å². The van der Waals surface area contributed by atoms with Crippen molar-refractivity contribution >= 4 is 29.0 Å². The minimum absolute atomic E-state index is 0.294. The molecule has 1 aliphatic rings. The number of rotatable bonds is 10. The lowest BCUT2D eigenvalue weighted by Crippen LogP contribution is -2.34. The van der Waals surface area contributed by atoms with E-state index in [1.807, 2.05) is 48.5 Å². The highest BCUT2D eigenvalue weighted by atomic mass is 16.6. The molecule has 0 saturated carbocycles. The molecule has 13 nitrogen and oxygen atoms in total.